The van der Waals surface area contributed by atoms with Crippen molar-refractivity contribution in [3.8, 4) is 0 Å². The number of hydrogen-bond acceptors (Lipinski definition) is 5. The molecule has 0 spiro atoms. The van der Waals surface area contributed by atoms with Crippen molar-refractivity contribution in [1.82, 2.24) is 9.71 Å². The number of aryl methyl sites for hydroxylation is 1. The minimum Gasteiger partial charge on any atom is -0.309 e. The summed E-state index contributed by atoms with van der Waals surface area (Å²) in [7, 11) is -3.96. The van der Waals surface area contributed by atoms with Gasteiger partial charge in [0, 0.05) is 24.3 Å². The van der Waals surface area contributed by atoms with E-state index in [4.69, 9.17) is 0 Å². The smallest absolute Gasteiger partial charge is 0.243 e. The van der Waals surface area contributed by atoms with Crippen molar-refractivity contribution in [3.05, 3.63) is 47.7 Å². The summed E-state index contributed by atoms with van der Waals surface area (Å²) in [5.74, 6) is -0.483. The Labute approximate surface area is 183 Å². The second-order valence-electron chi connectivity index (χ2n) is 8.23. The second-order valence-corrected chi connectivity index (χ2v) is 9.94. The fourth-order valence-electron chi connectivity index (χ4n) is 3.80. The Hall–Kier alpha value is -2.78. The van der Waals surface area contributed by atoms with Crippen molar-refractivity contribution in [3.63, 3.8) is 0 Å². The fourth-order valence-corrected chi connectivity index (χ4v) is 5.19. The molecule has 9 heteroatoms. The number of amides is 2. The molecule has 2 unspecified atom stereocenters. The molecular weight excluding hydrogens is 416 g/mol. The summed E-state index contributed by atoms with van der Waals surface area (Å²) in [4.78, 5) is 30.7. The van der Waals surface area contributed by atoms with Gasteiger partial charge in [-0.1, -0.05) is 19.9 Å². The van der Waals surface area contributed by atoms with Gasteiger partial charge >= 0.3 is 0 Å². The van der Waals surface area contributed by atoms with E-state index in [1.54, 1.807) is 56.0 Å². The largest absolute Gasteiger partial charge is 0.309 e. The monoisotopic (exact) mass is 444 g/mol. The zero-order valence-corrected chi connectivity index (χ0v) is 19.2. The molecule has 1 aromatic heterocycles. The topological polar surface area (TPSA) is 108 Å². The summed E-state index contributed by atoms with van der Waals surface area (Å²) in [5, 5.41) is 2.68. The van der Waals surface area contributed by atoms with E-state index in [2.05, 4.69) is 15.0 Å². The highest BCUT2D eigenvalue weighted by Crippen LogP contribution is 2.34. The van der Waals surface area contributed by atoms with E-state index >= 15 is 0 Å². The summed E-state index contributed by atoms with van der Waals surface area (Å²) in [6.07, 6.45) is 0.575. The van der Waals surface area contributed by atoms with Crippen LogP contribution in [0.25, 0.3) is 0 Å². The van der Waals surface area contributed by atoms with Crippen molar-refractivity contribution in [1.29, 1.82) is 0 Å². The number of rotatable bonds is 6. The van der Waals surface area contributed by atoms with Gasteiger partial charge in [-0.15, -0.1) is 0 Å². The number of pyridine rings is 1. The maximum absolute atomic E-state index is 13.1. The van der Waals surface area contributed by atoms with Gasteiger partial charge in [0.15, 0.2) is 0 Å². The molecule has 0 saturated heterocycles. The quantitative estimate of drug-likeness (QED) is 0.712. The summed E-state index contributed by atoms with van der Waals surface area (Å²) in [6, 6.07) is 8.90. The first kappa shape index (κ1) is 22.9. The van der Waals surface area contributed by atoms with Crippen LogP contribution in [0.5, 0.6) is 0 Å². The number of aromatic nitrogens is 1. The van der Waals surface area contributed by atoms with Gasteiger partial charge in [0.2, 0.25) is 21.8 Å². The molecule has 2 amide bonds. The predicted octanol–water partition coefficient (Wildman–Crippen LogP) is 2.63. The second kappa shape index (κ2) is 8.76. The molecule has 1 aliphatic rings. The minimum absolute atomic E-state index is 0.0329. The first-order chi connectivity index (χ1) is 14.5. The summed E-state index contributed by atoms with van der Waals surface area (Å²) in [5.41, 5.74) is 2.26. The van der Waals surface area contributed by atoms with Crippen molar-refractivity contribution in [2.45, 2.75) is 58.0 Å². The zero-order valence-electron chi connectivity index (χ0n) is 18.3. The average Bonchev–Trinajstić information content (AvgIpc) is 3.00. The van der Waals surface area contributed by atoms with Gasteiger partial charge in [-0.25, -0.2) is 13.4 Å². The number of benzene rings is 1. The standard InChI is InChI=1S/C22H28N4O4S/c1-13(2)21(22(28)24-20-8-6-7-14(3)23-20)25-31(29,30)18-9-10-19-17(12-18)11-15(4)26(19)16(5)27/h6-10,12-13,15,21,25H,11H2,1-5H3,(H,23,24,28). The van der Waals surface area contributed by atoms with E-state index in [0.717, 1.165) is 16.9 Å². The Balaban J connectivity index is 1.83. The normalized spacial score (nSPS) is 16.8. The number of nitrogens with zero attached hydrogens (tertiary/aromatic N) is 2. The van der Waals surface area contributed by atoms with Crippen LogP contribution in [-0.4, -0.2) is 37.3 Å². The zero-order chi connectivity index (χ0) is 22.9. The number of anilines is 2. The lowest BCUT2D eigenvalue weighted by Gasteiger charge is -2.22. The van der Waals surface area contributed by atoms with E-state index in [0.29, 0.717) is 12.2 Å². The van der Waals surface area contributed by atoms with Gasteiger partial charge in [-0.05, 0) is 62.1 Å². The highest BCUT2D eigenvalue weighted by atomic mass is 32.2. The number of carbonyl (C=O) groups excluding carboxylic acids is 2. The van der Waals surface area contributed by atoms with Gasteiger partial charge in [-0.2, -0.15) is 4.72 Å². The Morgan fingerprint density at radius 2 is 1.90 bits per heavy atom. The van der Waals surface area contributed by atoms with Crippen LogP contribution in [0.15, 0.2) is 41.3 Å². The average molecular weight is 445 g/mol. The van der Waals surface area contributed by atoms with Crippen molar-refractivity contribution >= 4 is 33.3 Å². The van der Waals surface area contributed by atoms with Crippen LogP contribution in [0.2, 0.25) is 0 Å². The summed E-state index contributed by atoms with van der Waals surface area (Å²) >= 11 is 0. The molecule has 0 radical (unpaired) electrons. The third-order valence-corrected chi connectivity index (χ3v) is 6.73. The molecule has 0 fully saturated rings. The first-order valence-corrected chi connectivity index (χ1v) is 11.7. The lowest BCUT2D eigenvalue weighted by Crippen LogP contribution is -2.47. The fraction of sp³-hybridized carbons (Fsp3) is 0.409. The molecule has 2 heterocycles. The molecule has 2 N–H and O–H groups in total. The Morgan fingerprint density at radius 1 is 1.19 bits per heavy atom. The van der Waals surface area contributed by atoms with E-state index in [1.807, 2.05) is 6.92 Å². The third-order valence-electron chi connectivity index (χ3n) is 5.29. The molecule has 1 aliphatic heterocycles. The highest BCUT2D eigenvalue weighted by Gasteiger charge is 2.32. The molecule has 8 nitrogen and oxygen atoms in total. The number of sulfonamides is 1. The summed E-state index contributed by atoms with van der Waals surface area (Å²) < 4.78 is 28.7. The Kier molecular flexibility index (Phi) is 6.47. The van der Waals surface area contributed by atoms with Crippen LogP contribution in [0.1, 0.15) is 39.0 Å². The van der Waals surface area contributed by atoms with Crippen LogP contribution in [0, 0.1) is 12.8 Å². The SMILES string of the molecule is CC(=O)N1c2ccc(S(=O)(=O)NC(C(=O)Nc3cccc(C)n3)C(C)C)cc2CC1C. The van der Waals surface area contributed by atoms with Crippen LogP contribution < -0.4 is 14.9 Å². The molecule has 1 aromatic carbocycles. The van der Waals surface area contributed by atoms with Gasteiger partial charge < -0.3 is 10.2 Å². The Morgan fingerprint density at radius 3 is 2.52 bits per heavy atom. The highest BCUT2D eigenvalue weighted by molar-refractivity contribution is 7.89. The molecule has 166 valence electrons. The first-order valence-electron chi connectivity index (χ1n) is 10.2. The number of nitrogens with one attached hydrogen (secondary N) is 2. The molecule has 31 heavy (non-hydrogen) atoms. The summed E-state index contributed by atoms with van der Waals surface area (Å²) in [6.45, 7) is 8.76. The molecule has 2 atom stereocenters. The van der Waals surface area contributed by atoms with Gasteiger partial charge in [-0.3, -0.25) is 9.59 Å². The molecule has 0 aliphatic carbocycles. The van der Waals surface area contributed by atoms with E-state index in [-0.39, 0.29) is 22.8 Å². The van der Waals surface area contributed by atoms with Crippen molar-refractivity contribution < 1.29 is 18.0 Å². The maximum Gasteiger partial charge on any atom is 0.243 e. The molecule has 0 saturated carbocycles. The van der Waals surface area contributed by atoms with Gasteiger partial charge in [0.05, 0.1) is 4.90 Å². The van der Waals surface area contributed by atoms with Crippen LogP contribution in [0.4, 0.5) is 11.5 Å². The number of hydrogen-bond donors (Lipinski definition) is 2. The molecule has 3 rings (SSSR count). The van der Waals surface area contributed by atoms with Crippen LogP contribution in [-0.2, 0) is 26.0 Å². The van der Waals surface area contributed by atoms with E-state index < -0.39 is 22.0 Å². The number of fused-ring (bicyclic) bond motifs is 1. The van der Waals surface area contributed by atoms with Crippen LogP contribution >= 0.6 is 0 Å². The molecule has 0 bridgehead atoms. The van der Waals surface area contributed by atoms with E-state index in [1.165, 1.54) is 13.0 Å². The predicted molar refractivity (Wildman–Crippen MR) is 119 cm³/mol. The van der Waals surface area contributed by atoms with Gasteiger partial charge in [0.1, 0.15) is 11.9 Å². The van der Waals surface area contributed by atoms with Crippen molar-refractivity contribution in [2.24, 2.45) is 5.92 Å². The molecule has 2 aromatic rings. The lowest BCUT2D eigenvalue weighted by atomic mass is 10.1. The van der Waals surface area contributed by atoms with Crippen LogP contribution in [0.3, 0.4) is 0 Å². The Bertz CT molecular complexity index is 1110. The minimum atomic E-state index is -3.96. The van der Waals surface area contributed by atoms with Crippen molar-refractivity contribution in [2.75, 3.05) is 10.2 Å². The van der Waals surface area contributed by atoms with Gasteiger partial charge in [0.25, 0.3) is 0 Å². The van der Waals surface area contributed by atoms with E-state index in [9.17, 15) is 18.0 Å². The number of carbonyl (C=O) groups is 2. The lowest BCUT2D eigenvalue weighted by molar-refractivity contribution is -0.119. The molecular formula is C22H28N4O4S. The maximum atomic E-state index is 13.1. The third kappa shape index (κ3) is 4.94.